The standard InChI is InChI=1S/C25H21F5N6O4/c1-12-19(8-31-18-4-14(26)3-17(28)21(18)40-25(29,30)22(37)38)36-9-15(16(27)5-20(36)34-12)13-6-32-23(33-7-13)35-10-24(2,39)11-35/h3-7,9,31,39H,8,10-11H2,1-2H3,(H,37,38). The molecule has 210 valence electrons. The number of alkyl halides is 2. The molecule has 0 unspecified atom stereocenters. The van der Waals surface area contributed by atoms with E-state index in [0.717, 1.165) is 6.07 Å². The lowest BCUT2D eigenvalue weighted by molar-refractivity contribution is -0.211. The molecule has 1 saturated heterocycles. The highest BCUT2D eigenvalue weighted by Crippen LogP contribution is 2.34. The van der Waals surface area contributed by atoms with Gasteiger partial charge >= 0.3 is 12.1 Å². The van der Waals surface area contributed by atoms with Crippen LogP contribution in [0.15, 0.2) is 36.8 Å². The Morgan fingerprint density at radius 1 is 1.15 bits per heavy atom. The Bertz CT molecular complexity index is 1620. The summed E-state index contributed by atoms with van der Waals surface area (Å²) in [5.41, 5.74) is -0.0219. The normalized spacial score (nSPS) is 14.8. The summed E-state index contributed by atoms with van der Waals surface area (Å²) in [6, 6.07) is 2.09. The third-order valence-electron chi connectivity index (χ3n) is 6.24. The maximum absolute atomic E-state index is 15.0. The number of fused-ring (bicyclic) bond motifs is 1. The van der Waals surface area contributed by atoms with Gasteiger partial charge in [-0.3, -0.25) is 0 Å². The van der Waals surface area contributed by atoms with Crippen molar-refractivity contribution >= 4 is 23.3 Å². The molecule has 0 aliphatic carbocycles. The first-order chi connectivity index (χ1) is 18.7. The quantitative estimate of drug-likeness (QED) is 0.275. The van der Waals surface area contributed by atoms with Crippen molar-refractivity contribution in [1.82, 2.24) is 19.4 Å². The van der Waals surface area contributed by atoms with E-state index in [9.17, 15) is 27.5 Å². The number of aryl methyl sites for hydroxylation is 1. The number of anilines is 2. The number of aliphatic carboxylic acids is 1. The fraction of sp³-hybridized carbons (Fsp3) is 0.280. The minimum absolute atomic E-state index is 0.107. The second kappa shape index (κ2) is 9.59. The van der Waals surface area contributed by atoms with E-state index in [-0.39, 0.29) is 23.8 Å². The summed E-state index contributed by atoms with van der Waals surface area (Å²) in [5, 5.41) is 21.1. The van der Waals surface area contributed by atoms with Gasteiger partial charge in [-0.15, -0.1) is 0 Å². The Hall–Kier alpha value is -4.53. The molecule has 0 saturated carbocycles. The van der Waals surface area contributed by atoms with Crippen LogP contribution in [0.2, 0.25) is 0 Å². The highest BCUT2D eigenvalue weighted by Gasteiger charge is 2.44. The van der Waals surface area contributed by atoms with E-state index in [4.69, 9.17) is 5.11 Å². The summed E-state index contributed by atoms with van der Waals surface area (Å²) in [5.74, 6) is -6.80. The average molecular weight is 564 g/mol. The molecule has 4 heterocycles. The van der Waals surface area contributed by atoms with Gasteiger partial charge in [0, 0.05) is 47.9 Å². The Balaban J connectivity index is 1.44. The van der Waals surface area contributed by atoms with Crippen molar-refractivity contribution < 1.29 is 41.7 Å². The van der Waals surface area contributed by atoms with Gasteiger partial charge in [0.15, 0.2) is 11.6 Å². The average Bonchev–Trinajstić information content (AvgIpc) is 3.16. The Morgan fingerprint density at radius 2 is 1.82 bits per heavy atom. The Kier molecular flexibility index (Phi) is 6.48. The van der Waals surface area contributed by atoms with Crippen LogP contribution in [0.3, 0.4) is 0 Å². The SMILES string of the molecule is Cc1nc2cc(F)c(-c3cnc(N4CC(C)(O)C4)nc3)cn2c1CNc1cc(F)cc(F)c1OC(F)(F)C(=O)O. The van der Waals surface area contributed by atoms with Crippen LogP contribution >= 0.6 is 0 Å². The van der Waals surface area contributed by atoms with Crippen LogP contribution < -0.4 is 15.0 Å². The van der Waals surface area contributed by atoms with Gasteiger partial charge in [0.05, 0.1) is 42.3 Å². The van der Waals surface area contributed by atoms with Crippen molar-refractivity contribution in [3.63, 3.8) is 0 Å². The number of imidazole rings is 1. The number of ether oxygens (including phenoxy) is 1. The molecule has 0 spiro atoms. The van der Waals surface area contributed by atoms with Gasteiger partial charge in [-0.25, -0.2) is 32.9 Å². The van der Waals surface area contributed by atoms with Crippen LogP contribution in [0.25, 0.3) is 16.8 Å². The number of carboxylic acids is 1. The predicted octanol–water partition coefficient (Wildman–Crippen LogP) is 3.76. The molecule has 15 heteroatoms. The van der Waals surface area contributed by atoms with E-state index >= 15 is 4.39 Å². The van der Waals surface area contributed by atoms with Crippen LogP contribution in [0.1, 0.15) is 18.3 Å². The van der Waals surface area contributed by atoms with E-state index in [1.165, 1.54) is 23.0 Å². The lowest BCUT2D eigenvalue weighted by Crippen LogP contribution is -2.60. The summed E-state index contributed by atoms with van der Waals surface area (Å²) in [6.45, 7) is 3.73. The van der Waals surface area contributed by atoms with Crippen LogP contribution in [0, 0.1) is 24.4 Å². The summed E-state index contributed by atoms with van der Waals surface area (Å²) in [7, 11) is 0. The van der Waals surface area contributed by atoms with Crippen molar-refractivity contribution in [3.8, 4) is 16.9 Å². The first-order valence-electron chi connectivity index (χ1n) is 11.7. The number of carboxylic acid groups (broad SMARTS) is 1. The molecular weight excluding hydrogens is 543 g/mol. The molecule has 0 radical (unpaired) electrons. The van der Waals surface area contributed by atoms with Crippen LogP contribution in [0.4, 0.5) is 33.6 Å². The van der Waals surface area contributed by atoms with Gasteiger partial charge in [0.25, 0.3) is 0 Å². The fourth-order valence-electron chi connectivity index (χ4n) is 4.34. The van der Waals surface area contributed by atoms with E-state index in [0.29, 0.717) is 42.1 Å². The Labute approximate surface area is 222 Å². The number of nitrogens with one attached hydrogen (secondary N) is 1. The number of aliphatic hydroxyl groups is 1. The van der Waals surface area contributed by atoms with Gasteiger partial charge in [-0.1, -0.05) is 0 Å². The van der Waals surface area contributed by atoms with Gasteiger partial charge in [-0.05, 0) is 13.8 Å². The van der Waals surface area contributed by atoms with Crippen molar-refractivity contribution in [3.05, 3.63) is 65.6 Å². The third kappa shape index (κ3) is 5.06. The molecule has 1 aromatic carbocycles. The first-order valence-corrected chi connectivity index (χ1v) is 11.7. The maximum Gasteiger partial charge on any atom is 0.502 e. The minimum atomic E-state index is -4.79. The summed E-state index contributed by atoms with van der Waals surface area (Å²) in [4.78, 5) is 25.3. The van der Waals surface area contributed by atoms with Gasteiger partial charge in [0.2, 0.25) is 5.95 Å². The van der Waals surface area contributed by atoms with Crippen molar-refractivity contribution in [1.29, 1.82) is 0 Å². The molecule has 3 N–H and O–H groups in total. The molecule has 4 aromatic rings. The van der Waals surface area contributed by atoms with Crippen LogP contribution in [0.5, 0.6) is 5.75 Å². The molecule has 40 heavy (non-hydrogen) atoms. The maximum atomic E-state index is 15.0. The molecule has 0 atom stereocenters. The molecule has 0 amide bonds. The fourth-order valence-corrected chi connectivity index (χ4v) is 4.34. The number of halogens is 5. The molecule has 1 aliphatic rings. The zero-order valence-electron chi connectivity index (χ0n) is 20.9. The van der Waals surface area contributed by atoms with Gasteiger partial charge < -0.3 is 29.6 Å². The number of nitrogens with zero attached hydrogens (tertiary/aromatic N) is 5. The topological polar surface area (TPSA) is 125 Å². The van der Waals surface area contributed by atoms with Crippen molar-refractivity contribution in [2.75, 3.05) is 23.3 Å². The van der Waals surface area contributed by atoms with E-state index < -0.39 is 46.6 Å². The lowest BCUT2D eigenvalue weighted by Gasteiger charge is -2.44. The number of rotatable bonds is 8. The Morgan fingerprint density at radius 3 is 2.45 bits per heavy atom. The summed E-state index contributed by atoms with van der Waals surface area (Å²) >= 11 is 0. The summed E-state index contributed by atoms with van der Waals surface area (Å²) < 4.78 is 76.1. The van der Waals surface area contributed by atoms with Crippen molar-refractivity contribution in [2.45, 2.75) is 32.1 Å². The number of β-amino-alcohol motifs (C(OH)–C–C–N with tert-alkyl or cyclic N) is 1. The number of hydrogen-bond acceptors (Lipinski definition) is 8. The molecule has 3 aromatic heterocycles. The van der Waals surface area contributed by atoms with Gasteiger partial charge in [0.1, 0.15) is 17.3 Å². The predicted molar refractivity (Wildman–Crippen MR) is 131 cm³/mol. The number of hydrogen-bond donors (Lipinski definition) is 3. The monoisotopic (exact) mass is 564 g/mol. The largest absolute Gasteiger partial charge is 0.502 e. The third-order valence-corrected chi connectivity index (χ3v) is 6.24. The zero-order valence-corrected chi connectivity index (χ0v) is 20.9. The van der Waals surface area contributed by atoms with Gasteiger partial charge in [-0.2, -0.15) is 8.78 Å². The zero-order chi connectivity index (χ0) is 29.0. The van der Waals surface area contributed by atoms with Crippen LogP contribution in [-0.4, -0.2) is 60.3 Å². The molecule has 1 aliphatic heterocycles. The van der Waals surface area contributed by atoms with E-state index in [1.807, 2.05) is 0 Å². The second-order valence-corrected chi connectivity index (χ2v) is 9.57. The highest BCUT2D eigenvalue weighted by atomic mass is 19.3. The minimum Gasteiger partial charge on any atom is -0.474 e. The number of carbonyl (C=O) groups is 1. The molecule has 5 rings (SSSR count). The first kappa shape index (κ1) is 27.1. The van der Waals surface area contributed by atoms with Crippen LogP contribution in [-0.2, 0) is 11.3 Å². The number of benzene rings is 1. The number of pyridine rings is 1. The molecular formula is C25H21F5N6O4. The van der Waals surface area contributed by atoms with Crippen molar-refractivity contribution in [2.24, 2.45) is 0 Å². The number of aromatic nitrogens is 4. The summed E-state index contributed by atoms with van der Waals surface area (Å²) in [6.07, 6.45) is -0.533. The van der Waals surface area contributed by atoms with E-state index in [1.54, 1.807) is 18.7 Å². The molecule has 10 nitrogen and oxygen atoms in total. The highest BCUT2D eigenvalue weighted by molar-refractivity contribution is 5.74. The molecule has 1 fully saturated rings. The lowest BCUT2D eigenvalue weighted by atomic mass is 9.98. The smallest absolute Gasteiger partial charge is 0.474 e. The van der Waals surface area contributed by atoms with E-state index in [2.05, 4.69) is 25.0 Å². The molecule has 0 bridgehead atoms. The second-order valence-electron chi connectivity index (χ2n) is 9.57.